The summed E-state index contributed by atoms with van der Waals surface area (Å²) in [6.07, 6.45) is 0. The third kappa shape index (κ3) is 50.6. The Bertz CT molecular complexity index is 32.5. The van der Waals surface area contributed by atoms with Crippen molar-refractivity contribution in [2.24, 2.45) is 0 Å². The first-order chi connectivity index (χ1) is 1.73. The van der Waals surface area contributed by atoms with Gasteiger partial charge in [-0.3, -0.25) is 4.79 Å². The topological polar surface area (TPSA) is 37.3 Å². The molecule has 0 atom stereocenters. The molecule has 0 unspecified atom stereocenters. The standard InChI is InChI=1S/C2H3O2.2Na.2H/c1-2(3)4;;;;/h1H2,(H,3,4);;;;. The zero-order valence-electron chi connectivity index (χ0n) is 2.06. The molecule has 0 bridgehead atoms. The summed E-state index contributed by atoms with van der Waals surface area (Å²) < 4.78 is 0. The Morgan fingerprint density at radius 1 is 1.50 bits per heavy atom. The number of carboxylic acid groups (broad SMARTS) is 1. The minimum atomic E-state index is -1.08. The molecule has 1 N–H and O–H groups in total. The molecule has 2 nitrogen and oxygen atoms in total. The van der Waals surface area contributed by atoms with Crippen LogP contribution in [0.2, 0.25) is 0 Å². The van der Waals surface area contributed by atoms with Crippen LogP contribution in [0.4, 0.5) is 0 Å². The molecule has 0 aromatic carbocycles. The number of aliphatic carboxylic acids is 1. The summed E-state index contributed by atoms with van der Waals surface area (Å²) >= 11 is 0. The van der Waals surface area contributed by atoms with Gasteiger partial charge in [-0.1, -0.05) is 0 Å². The molecule has 6 heavy (non-hydrogen) atoms. The van der Waals surface area contributed by atoms with Crippen molar-refractivity contribution in [1.82, 2.24) is 0 Å². The monoisotopic (exact) mass is 107 g/mol. The van der Waals surface area contributed by atoms with E-state index in [0.717, 1.165) is 0 Å². The number of hydrogen-bond acceptors (Lipinski definition) is 1. The van der Waals surface area contributed by atoms with Gasteiger partial charge in [0.2, 0.25) is 0 Å². The molecule has 0 amide bonds. The molecule has 0 aromatic rings. The Morgan fingerprint density at radius 2 is 1.50 bits per heavy atom. The van der Waals surface area contributed by atoms with Gasteiger partial charge in [0.05, 0.1) is 6.92 Å². The van der Waals surface area contributed by atoms with E-state index in [-0.39, 0.29) is 59.1 Å². The molecular weight excluding hydrogens is 102 g/mol. The Hall–Kier alpha value is 1.47. The van der Waals surface area contributed by atoms with Crippen molar-refractivity contribution in [3.8, 4) is 0 Å². The summed E-state index contributed by atoms with van der Waals surface area (Å²) in [7, 11) is 0. The second-order valence-electron chi connectivity index (χ2n) is 0.394. The minimum absolute atomic E-state index is 0. The fourth-order valence-electron chi connectivity index (χ4n) is 0. The van der Waals surface area contributed by atoms with Crippen molar-refractivity contribution in [2.45, 2.75) is 0 Å². The molecule has 0 aliphatic rings. The van der Waals surface area contributed by atoms with Crippen LogP contribution in [0, 0.1) is 6.92 Å². The molecule has 0 saturated heterocycles. The van der Waals surface area contributed by atoms with Gasteiger partial charge < -0.3 is 5.11 Å². The van der Waals surface area contributed by atoms with Gasteiger partial charge in [-0.05, 0) is 0 Å². The van der Waals surface area contributed by atoms with Crippen molar-refractivity contribution in [3.05, 3.63) is 6.92 Å². The second kappa shape index (κ2) is 9.69. The second-order valence-corrected chi connectivity index (χ2v) is 0.394. The average molecular weight is 107 g/mol. The number of rotatable bonds is 0. The van der Waals surface area contributed by atoms with Crippen LogP contribution in [-0.2, 0) is 4.79 Å². The molecule has 0 rings (SSSR count). The van der Waals surface area contributed by atoms with E-state index in [4.69, 9.17) is 9.90 Å². The third-order valence-electron chi connectivity index (χ3n) is 0. The normalized spacial score (nSPS) is 4.17. The van der Waals surface area contributed by atoms with E-state index in [1.54, 1.807) is 0 Å². The summed E-state index contributed by atoms with van der Waals surface area (Å²) in [5.41, 5.74) is 0. The van der Waals surface area contributed by atoms with Gasteiger partial charge in [-0.2, -0.15) is 0 Å². The van der Waals surface area contributed by atoms with E-state index in [1.165, 1.54) is 0 Å². The SMILES string of the molecule is [CH2]C(=O)O.[NaH].[NaH]. The zero-order chi connectivity index (χ0) is 3.58. The molecule has 0 aromatic heterocycles. The van der Waals surface area contributed by atoms with Gasteiger partial charge in [-0.15, -0.1) is 0 Å². The van der Waals surface area contributed by atoms with Gasteiger partial charge in [-0.25, -0.2) is 0 Å². The quantitative estimate of drug-likeness (QED) is 0.387. The van der Waals surface area contributed by atoms with Crippen molar-refractivity contribution in [3.63, 3.8) is 0 Å². The van der Waals surface area contributed by atoms with E-state index < -0.39 is 5.97 Å². The van der Waals surface area contributed by atoms with E-state index >= 15 is 0 Å². The molecule has 0 fully saturated rings. The summed E-state index contributed by atoms with van der Waals surface area (Å²) in [5, 5.41) is 7.31. The van der Waals surface area contributed by atoms with Crippen LogP contribution in [0.5, 0.6) is 0 Å². The van der Waals surface area contributed by atoms with Crippen LogP contribution < -0.4 is 0 Å². The van der Waals surface area contributed by atoms with Gasteiger partial charge >= 0.3 is 65.1 Å². The summed E-state index contributed by atoms with van der Waals surface area (Å²) in [5.74, 6) is -1.08. The predicted octanol–water partition coefficient (Wildman–Crippen LogP) is -1.39. The summed E-state index contributed by atoms with van der Waals surface area (Å²) in [4.78, 5) is 8.89. The van der Waals surface area contributed by atoms with E-state index in [2.05, 4.69) is 6.92 Å². The zero-order valence-corrected chi connectivity index (χ0v) is 2.06. The van der Waals surface area contributed by atoms with Crippen molar-refractivity contribution in [2.75, 3.05) is 0 Å². The average Bonchev–Trinajstić information content (AvgIpc) is 0.811. The van der Waals surface area contributed by atoms with Crippen LogP contribution in [0.3, 0.4) is 0 Å². The van der Waals surface area contributed by atoms with E-state index in [0.29, 0.717) is 0 Å². The Morgan fingerprint density at radius 3 is 1.50 bits per heavy atom. The number of hydrogen-bond donors (Lipinski definition) is 1. The van der Waals surface area contributed by atoms with Crippen LogP contribution >= 0.6 is 0 Å². The maximum atomic E-state index is 8.89. The molecule has 4 heteroatoms. The van der Waals surface area contributed by atoms with Crippen LogP contribution in [0.15, 0.2) is 0 Å². The molecular formula is C2H5Na2O2. The summed E-state index contributed by atoms with van der Waals surface area (Å²) in [6.45, 7) is 2.56. The summed E-state index contributed by atoms with van der Waals surface area (Å²) in [6, 6.07) is 0. The molecule has 0 saturated carbocycles. The van der Waals surface area contributed by atoms with E-state index in [1.807, 2.05) is 0 Å². The molecule has 0 aliphatic carbocycles. The Balaban J connectivity index is -0.0000000450. The van der Waals surface area contributed by atoms with Crippen LogP contribution in [-0.4, -0.2) is 70.2 Å². The molecule has 1 radical (unpaired) electrons. The number of carbonyl (C=O) groups is 1. The first-order valence-electron chi connectivity index (χ1n) is 0.781. The van der Waals surface area contributed by atoms with Gasteiger partial charge in [0.25, 0.3) is 0 Å². The van der Waals surface area contributed by atoms with Gasteiger partial charge in [0.15, 0.2) is 0 Å². The first-order valence-corrected chi connectivity index (χ1v) is 0.781. The third-order valence-corrected chi connectivity index (χ3v) is 0. The molecule has 0 spiro atoms. The van der Waals surface area contributed by atoms with Gasteiger partial charge in [0.1, 0.15) is 0 Å². The van der Waals surface area contributed by atoms with Crippen LogP contribution in [0.25, 0.3) is 0 Å². The Labute approximate surface area is 80.9 Å². The van der Waals surface area contributed by atoms with Crippen molar-refractivity contribution < 1.29 is 9.90 Å². The molecule has 0 heterocycles. The van der Waals surface area contributed by atoms with Crippen molar-refractivity contribution >= 4 is 65.1 Å². The molecule has 27 valence electrons. The fraction of sp³-hybridized carbons (Fsp3) is 0. The fourth-order valence-corrected chi connectivity index (χ4v) is 0. The Kier molecular flexibility index (Phi) is 25.3. The van der Waals surface area contributed by atoms with Crippen LogP contribution in [0.1, 0.15) is 0 Å². The predicted molar refractivity (Wildman–Crippen MR) is 27.3 cm³/mol. The maximum absolute atomic E-state index is 8.89. The number of carboxylic acids is 1. The van der Waals surface area contributed by atoms with Crippen molar-refractivity contribution in [1.29, 1.82) is 0 Å². The van der Waals surface area contributed by atoms with Gasteiger partial charge in [0, 0.05) is 0 Å². The molecule has 0 aliphatic heterocycles. The first kappa shape index (κ1) is 15.6. The van der Waals surface area contributed by atoms with E-state index in [9.17, 15) is 0 Å².